The Kier molecular flexibility index (Phi) is 30.9. The van der Waals surface area contributed by atoms with Crippen molar-refractivity contribution in [3.05, 3.63) is 12.2 Å². The Morgan fingerprint density at radius 3 is 1.47 bits per heavy atom. The maximum Gasteiger partial charge on any atom is 0.326 e. The highest BCUT2D eigenvalue weighted by Gasteiger charge is 2.28. The van der Waals surface area contributed by atoms with Crippen LogP contribution in [0.15, 0.2) is 12.2 Å². The molecule has 0 aliphatic carbocycles. The molecule has 0 aromatic carbocycles. The summed E-state index contributed by atoms with van der Waals surface area (Å²) in [5.74, 6) is -3.67. The van der Waals surface area contributed by atoms with Crippen molar-refractivity contribution in [2.75, 3.05) is 125 Å². The highest BCUT2D eigenvalue weighted by atomic mass is 16.6. The second-order valence-corrected chi connectivity index (χ2v) is 13.0. The molecule has 0 spiro atoms. The summed E-state index contributed by atoms with van der Waals surface area (Å²) in [4.78, 5) is 83.2. The Morgan fingerprint density at radius 1 is 0.610 bits per heavy atom. The van der Waals surface area contributed by atoms with Gasteiger partial charge >= 0.3 is 12.0 Å². The van der Waals surface area contributed by atoms with Crippen molar-refractivity contribution in [2.24, 2.45) is 11.7 Å². The van der Waals surface area contributed by atoms with Gasteiger partial charge in [-0.3, -0.25) is 28.9 Å². The average Bonchev–Trinajstić information content (AvgIpc) is 3.52. The van der Waals surface area contributed by atoms with E-state index in [1.165, 1.54) is 12.2 Å². The molecule has 1 aliphatic heterocycles. The fourth-order valence-corrected chi connectivity index (χ4v) is 4.84. The number of rotatable bonds is 39. The Labute approximate surface area is 344 Å². The van der Waals surface area contributed by atoms with Crippen LogP contribution in [0.1, 0.15) is 39.5 Å². The third-order valence-corrected chi connectivity index (χ3v) is 7.96. The van der Waals surface area contributed by atoms with Crippen LogP contribution in [0.5, 0.6) is 0 Å². The molecule has 22 heteroatoms. The van der Waals surface area contributed by atoms with E-state index in [4.69, 9.17) is 43.6 Å². The predicted molar refractivity (Wildman–Crippen MR) is 208 cm³/mol. The molecule has 1 aliphatic rings. The third-order valence-electron chi connectivity index (χ3n) is 7.96. The van der Waals surface area contributed by atoms with E-state index in [-0.39, 0.29) is 63.8 Å². The van der Waals surface area contributed by atoms with Crippen LogP contribution in [0.4, 0.5) is 4.79 Å². The van der Waals surface area contributed by atoms with Crippen molar-refractivity contribution < 1.29 is 76.6 Å². The van der Waals surface area contributed by atoms with Crippen molar-refractivity contribution in [2.45, 2.75) is 51.6 Å². The number of ether oxygens (including phenoxy) is 8. The van der Waals surface area contributed by atoms with E-state index in [0.717, 1.165) is 4.90 Å². The molecule has 0 fully saturated rings. The van der Waals surface area contributed by atoms with Crippen LogP contribution in [-0.4, -0.2) is 189 Å². The van der Waals surface area contributed by atoms with Gasteiger partial charge in [-0.25, -0.2) is 9.59 Å². The number of hydrogen-bond donors (Lipinski definition) is 6. The first-order chi connectivity index (χ1) is 28.4. The van der Waals surface area contributed by atoms with Gasteiger partial charge in [0.25, 0.3) is 11.8 Å². The summed E-state index contributed by atoms with van der Waals surface area (Å²) in [7, 11) is 0. The zero-order valence-corrected chi connectivity index (χ0v) is 34.2. The summed E-state index contributed by atoms with van der Waals surface area (Å²) in [6.45, 7) is 9.68. The maximum atomic E-state index is 12.7. The summed E-state index contributed by atoms with van der Waals surface area (Å²) in [6, 6.07) is -2.86. The fourth-order valence-electron chi connectivity index (χ4n) is 4.84. The highest BCUT2D eigenvalue weighted by molar-refractivity contribution is 6.13. The number of nitrogens with zero attached hydrogens (tertiary/aromatic N) is 1. The van der Waals surface area contributed by atoms with E-state index in [1.807, 2.05) is 0 Å². The number of amides is 7. The van der Waals surface area contributed by atoms with Gasteiger partial charge in [-0.1, -0.05) is 13.8 Å². The van der Waals surface area contributed by atoms with Gasteiger partial charge in [-0.15, -0.1) is 0 Å². The van der Waals surface area contributed by atoms with E-state index in [2.05, 4.69) is 21.3 Å². The summed E-state index contributed by atoms with van der Waals surface area (Å²) < 4.78 is 43.5. The molecule has 338 valence electrons. The van der Waals surface area contributed by atoms with Crippen LogP contribution >= 0.6 is 0 Å². The number of hydrogen-bond acceptors (Lipinski definition) is 15. The second-order valence-electron chi connectivity index (χ2n) is 13.0. The van der Waals surface area contributed by atoms with Crippen LogP contribution in [0.3, 0.4) is 0 Å². The van der Waals surface area contributed by atoms with Crippen molar-refractivity contribution >= 4 is 41.5 Å². The lowest BCUT2D eigenvalue weighted by molar-refractivity contribution is -0.142. The summed E-state index contributed by atoms with van der Waals surface area (Å²) in [5.41, 5.74) is 4.99. The smallest absolute Gasteiger partial charge is 0.326 e. The first-order valence-corrected chi connectivity index (χ1v) is 19.7. The molecule has 0 saturated heterocycles. The van der Waals surface area contributed by atoms with Crippen molar-refractivity contribution in [1.29, 1.82) is 0 Å². The number of nitrogens with two attached hydrogens (primary N) is 1. The normalized spacial score (nSPS) is 13.4. The molecule has 1 heterocycles. The van der Waals surface area contributed by atoms with Crippen molar-refractivity contribution in [3.63, 3.8) is 0 Å². The quantitative estimate of drug-likeness (QED) is 0.0291. The van der Waals surface area contributed by atoms with Gasteiger partial charge < -0.3 is 70.0 Å². The maximum absolute atomic E-state index is 12.7. The molecule has 0 aromatic heterocycles. The zero-order valence-electron chi connectivity index (χ0n) is 34.2. The number of nitrogens with one attached hydrogen (secondary N) is 4. The SMILES string of the molecule is CC(C)C(NC(=O)CCOCCOCCOCCOCCOCCOCCOCCOCCNC(=O)CCN1C(=O)C=CC1=O)C(=O)NC(CCCNC(N)=O)C(=O)O. The molecule has 0 bridgehead atoms. The van der Waals surface area contributed by atoms with E-state index in [9.17, 15) is 38.7 Å². The summed E-state index contributed by atoms with van der Waals surface area (Å²) in [6.07, 6.45) is 2.75. The van der Waals surface area contributed by atoms with E-state index < -0.39 is 47.7 Å². The van der Waals surface area contributed by atoms with Crippen LogP contribution in [-0.2, 0) is 66.7 Å². The van der Waals surface area contributed by atoms with Crippen LogP contribution < -0.4 is 27.0 Å². The van der Waals surface area contributed by atoms with Gasteiger partial charge in [-0.05, 0) is 18.8 Å². The topological polar surface area (TPSA) is 291 Å². The van der Waals surface area contributed by atoms with Crippen LogP contribution in [0.25, 0.3) is 0 Å². The zero-order chi connectivity index (χ0) is 43.5. The van der Waals surface area contributed by atoms with Crippen LogP contribution in [0, 0.1) is 5.92 Å². The molecule has 7 amide bonds. The van der Waals surface area contributed by atoms with E-state index in [0.29, 0.717) is 99.0 Å². The van der Waals surface area contributed by atoms with E-state index >= 15 is 0 Å². The monoisotopic (exact) mass is 848 g/mol. The van der Waals surface area contributed by atoms with Gasteiger partial charge in [0.1, 0.15) is 12.1 Å². The lowest BCUT2D eigenvalue weighted by Gasteiger charge is -2.24. The Hall–Kier alpha value is -4.29. The molecule has 0 radical (unpaired) electrons. The predicted octanol–water partition coefficient (Wildman–Crippen LogP) is -1.90. The average molecular weight is 849 g/mol. The lowest BCUT2D eigenvalue weighted by Crippen LogP contribution is -2.53. The standard InChI is InChI=1S/C37H64N6O16/c1-28(2)34(35(48)41-29(36(49)50)4-3-9-40-37(38)51)42-31(45)8-12-52-14-16-54-18-20-56-22-24-58-26-27-59-25-23-57-21-19-55-17-15-53-13-10-39-30(44)7-11-43-32(46)5-6-33(43)47/h5-6,28-29,34H,3-4,7-27H2,1-2H3,(H,39,44)(H,41,48)(H,42,45)(H,49,50)(H3,38,40,51). The Balaban J connectivity index is 1.85. The fraction of sp³-hybridized carbons (Fsp3) is 0.757. The molecule has 0 aromatic rings. The molecular formula is C37H64N6O16. The highest BCUT2D eigenvalue weighted by Crippen LogP contribution is 2.06. The van der Waals surface area contributed by atoms with Gasteiger partial charge in [0.05, 0.1) is 106 Å². The van der Waals surface area contributed by atoms with Crippen molar-refractivity contribution in [3.8, 4) is 0 Å². The second kappa shape index (κ2) is 34.6. The summed E-state index contributed by atoms with van der Waals surface area (Å²) in [5, 5.41) is 19.5. The number of carbonyl (C=O) groups excluding carboxylic acids is 6. The van der Waals surface area contributed by atoms with E-state index in [1.54, 1.807) is 13.8 Å². The molecule has 0 saturated carbocycles. The van der Waals surface area contributed by atoms with Gasteiger partial charge in [0.15, 0.2) is 0 Å². The van der Waals surface area contributed by atoms with Gasteiger partial charge in [0.2, 0.25) is 17.7 Å². The van der Waals surface area contributed by atoms with Crippen molar-refractivity contribution in [1.82, 2.24) is 26.2 Å². The molecular weight excluding hydrogens is 784 g/mol. The number of carboxylic acids is 1. The number of primary amides is 1. The van der Waals surface area contributed by atoms with Crippen LogP contribution in [0.2, 0.25) is 0 Å². The number of carboxylic acid groups (broad SMARTS) is 1. The number of carbonyl (C=O) groups is 7. The lowest BCUT2D eigenvalue weighted by atomic mass is 10.0. The minimum atomic E-state index is -1.23. The number of urea groups is 1. The first kappa shape index (κ1) is 52.7. The molecule has 2 atom stereocenters. The minimum Gasteiger partial charge on any atom is -0.480 e. The number of imide groups is 1. The molecule has 1 rings (SSSR count). The number of aliphatic carboxylic acids is 1. The largest absolute Gasteiger partial charge is 0.480 e. The molecule has 22 nitrogen and oxygen atoms in total. The molecule has 59 heavy (non-hydrogen) atoms. The molecule has 7 N–H and O–H groups in total. The third kappa shape index (κ3) is 28.7. The van der Waals surface area contributed by atoms with Gasteiger partial charge in [-0.2, -0.15) is 0 Å². The van der Waals surface area contributed by atoms with Gasteiger partial charge in [0, 0.05) is 44.6 Å². The summed E-state index contributed by atoms with van der Waals surface area (Å²) >= 11 is 0. The first-order valence-electron chi connectivity index (χ1n) is 19.7. The minimum absolute atomic E-state index is 0.000641. The Morgan fingerprint density at radius 2 is 1.05 bits per heavy atom. The Bertz CT molecular complexity index is 1260. The molecule has 2 unspecified atom stereocenters.